The van der Waals surface area contributed by atoms with E-state index in [-0.39, 0.29) is 11.9 Å². The van der Waals surface area contributed by atoms with E-state index in [1.54, 1.807) is 7.11 Å². The number of benzene rings is 1. The van der Waals surface area contributed by atoms with Crippen LogP contribution in [0.4, 0.5) is 0 Å². The molecule has 1 atom stereocenters. The maximum atomic E-state index is 11.7. The Morgan fingerprint density at radius 3 is 2.73 bits per heavy atom. The van der Waals surface area contributed by atoms with Crippen LogP contribution in [0.15, 0.2) is 28.8 Å². The van der Waals surface area contributed by atoms with Crippen LogP contribution < -0.4 is 10.1 Å². The number of methoxy groups -OCH3 is 1. The highest BCUT2D eigenvalue weighted by Gasteiger charge is 2.17. The van der Waals surface area contributed by atoms with Gasteiger partial charge in [-0.3, -0.25) is 4.79 Å². The van der Waals surface area contributed by atoms with Crippen molar-refractivity contribution >= 4 is 5.91 Å². The highest BCUT2D eigenvalue weighted by Crippen LogP contribution is 2.21. The SMILES string of the molecule is CCCCC(=O)N[C@H](C)c1nc(-c2ccc(OC)cc2)no1. The second-order valence-corrected chi connectivity index (χ2v) is 5.08. The average Bonchev–Trinajstić information content (AvgIpc) is 3.03. The molecule has 1 amide bonds. The lowest BCUT2D eigenvalue weighted by Crippen LogP contribution is -2.26. The van der Waals surface area contributed by atoms with E-state index in [1.165, 1.54) is 0 Å². The first-order chi connectivity index (χ1) is 10.6. The predicted octanol–water partition coefficient (Wildman–Crippen LogP) is 3.11. The fourth-order valence-electron chi connectivity index (χ4n) is 1.98. The molecule has 118 valence electrons. The molecule has 2 rings (SSSR count). The van der Waals surface area contributed by atoms with Crippen molar-refractivity contribution in [3.8, 4) is 17.1 Å². The summed E-state index contributed by atoms with van der Waals surface area (Å²) in [5.41, 5.74) is 0.834. The van der Waals surface area contributed by atoms with Crippen molar-refractivity contribution in [3.63, 3.8) is 0 Å². The Kier molecular flexibility index (Phi) is 5.52. The van der Waals surface area contributed by atoms with Gasteiger partial charge in [-0.1, -0.05) is 18.5 Å². The van der Waals surface area contributed by atoms with Gasteiger partial charge in [-0.2, -0.15) is 4.98 Å². The summed E-state index contributed by atoms with van der Waals surface area (Å²) in [6.07, 6.45) is 2.38. The van der Waals surface area contributed by atoms with Gasteiger partial charge in [0.05, 0.1) is 7.11 Å². The Bertz CT molecular complexity index is 607. The maximum absolute atomic E-state index is 11.7. The summed E-state index contributed by atoms with van der Waals surface area (Å²) in [6, 6.07) is 7.09. The van der Waals surface area contributed by atoms with Crippen LogP contribution in [0, 0.1) is 0 Å². The molecule has 1 heterocycles. The molecule has 1 aromatic carbocycles. The normalized spacial score (nSPS) is 12.0. The second-order valence-electron chi connectivity index (χ2n) is 5.08. The maximum Gasteiger partial charge on any atom is 0.249 e. The third-order valence-electron chi connectivity index (χ3n) is 3.30. The topological polar surface area (TPSA) is 77.2 Å². The van der Waals surface area contributed by atoms with Crippen molar-refractivity contribution in [1.82, 2.24) is 15.5 Å². The Morgan fingerprint density at radius 1 is 1.36 bits per heavy atom. The molecule has 0 saturated carbocycles. The van der Waals surface area contributed by atoms with Crippen LogP contribution >= 0.6 is 0 Å². The number of ether oxygens (including phenoxy) is 1. The minimum atomic E-state index is -0.302. The van der Waals surface area contributed by atoms with Gasteiger partial charge in [-0.15, -0.1) is 0 Å². The molecule has 0 aliphatic carbocycles. The number of carbonyl (C=O) groups excluding carboxylic acids is 1. The smallest absolute Gasteiger partial charge is 0.249 e. The Morgan fingerprint density at radius 2 is 2.09 bits per heavy atom. The van der Waals surface area contributed by atoms with Crippen LogP contribution in [-0.4, -0.2) is 23.2 Å². The van der Waals surface area contributed by atoms with Gasteiger partial charge in [0.25, 0.3) is 0 Å². The third kappa shape index (κ3) is 4.07. The van der Waals surface area contributed by atoms with Crippen molar-refractivity contribution < 1.29 is 14.1 Å². The zero-order chi connectivity index (χ0) is 15.9. The summed E-state index contributed by atoms with van der Waals surface area (Å²) < 4.78 is 10.3. The molecule has 0 spiro atoms. The fraction of sp³-hybridized carbons (Fsp3) is 0.438. The summed E-state index contributed by atoms with van der Waals surface area (Å²) in [4.78, 5) is 16.1. The number of nitrogens with one attached hydrogen (secondary N) is 1. The van der Waals surface area contributed by atoms with E-state index in [1.807, 2.05) is 31.2 Å². The van der Waals surface area contributed by atoms with Crippen molar-refractivity contribution in [2.45, 2.75) is 39.2 Å². The van der Waals surface area contributed by atoms with Crippen molar-refractivity contribution in [1.29, 1.82) is 0 Å². The van der Waals surface area contributed by atoms with Gasteiger partial charge >= 0.3 is 0 Å². The quantitative estimate of drug-likeness (QED) is 0.850. The number of amides is 1. The van der Waals surface area contributed by atoms with E-state index in [0.29, 0.717) is 18.1 Å². The molecule has 0 fully saturated rings. The number of hydrogen-bond acceptors (Lipinski definition) is 5. The largest absolute Gasteiger partial charge is 0.497 e. The first-order valence-electron chi connectivity index (χ1n) is 7.41. The van der Waals surface area contributed by atoms with Crippen LogP contribution in [0.1, 0.15) is 45.0 Å². The lowest BCUT2D eigenvalue weighted by molar-refractivity contribution is -0.122. The summed E-state index contributed by atoms with van der Waals surface area (Å²) in [5, 5.41) is 6.81. The van der Waals surface area contributed by atoms with Crippen LogP contribution in [0.25, 0.3) is 11.4 Å². The highest BCUT2D eigenvalue weighted by atomic mass is 16.5. The molecule has 0 unspecified atom stereocenters. The first-order valence-corrected chi connectivity index (χ1v) is 7.41. The van der Waals surface area contributed by atoms with Gasteiger partial charge in [0.15, 0.2) is 0 Å². The molecule has 0 radical (unpaired) electrons. The van der Waals surface area contributed by atoms with Gasteiger partial charge in [0.2, 0.25) is 17.6 Å². The molecular weight excluding hydrogens is 282 g/mol. The molecule has 1 N–H and O–H groups in total. The molecule has 0 bridgehead atoms. The standard InChI is InChI=1S/C16H21N3O3/c1-4-5-6-14(20)17-11(2)16-18-15(19-22-16)12-7-9-13(21-3)10-8-12/h7-11H,4-6H2,1-3H3,(H,17,20)/t11-/m1/s1. The third-order valence-corrected chi connectivity index (χ3v) is 3.30. The van der Waals surface area contributed by atoms with E-state index in [0.717, 1.165) is 24.2 Å². The van der Waals surface area contributed by atoms with Crippen LogP contribution in [0.5, 0.6) is 5.75 Å². The summed E-state index contributed by atoms with van der Waals surface area (Å²) in [5.74, 6) is 1.66. The summed E-state index contributed by atoms with van der Waals surface area (Å²) in [6.45, 7) is 3.88. The fourth-order valence-corrected chi connectivity index (χ4v) is 1.98. The molecule has 0 aliphatic rings. The monoisotopic (exact) mass is 303 g/mol. The average molecular weight is 303 g/mol. The molecule has 6 nitrogen and oxygen atoms in total. The zero-order valence-corrected chi connectivity index (χ0v) is 13.1. The van der Waals surface area contributed by atoms with Crippen molar-refractivity contribution in [3.05, 3.63) is 30.2 Å². The number of carbonyl (C=O) groups is 1. The van der Waals surface area contributed by atoms with Gasteiger partial charge in [-0.05, 0) is 37.6 Å². The van der Waals surface area contributed by atoms with E-state index in [2.05, 4.69) is 22.4 Å². The van der Waals surface area contributed by atoms with Gasteiger partial charge in [-0.25, -0.2) is 0 Å². The summed E-state index contributed by atoms with van der Waals surface area (Å²) in [7, 11) is 1.62. The highest BCUT2D eigenvalue weighted by molar-refractivity contribution is 5.76. The van der Waals surface area contributed by atoms with Crippen LogP contribution in [0.2, 0.25) is 0 Å². The minimum Gasteiger partial charge on any atom is -0.497 e. The Balaban J connectivity index is 2.02. The lowest BCUT2D eigenvalue weighted by atomic mass is 10.2. The molecular formula is C16H21N3O3. The number of nitrogens with zero attached hydrogens (tertiary/aromatic N) is 2. The lowest BCUT2D eigenvalue weighted by Gasteiger charge is -2.08. The number of rotatable bonds is 7. The van der Waals surface area contributed by atoms with Gasteiger partial charge in [0, 0.05) is 12.0 Å². The van der Waals surface area contributed by atoms with Gasteiger partial charge in [0.1, 0.15) is 11.8 Å². The first kappa shape index (κ1) is 16.0. The molecule has 0 saturated heterocycles. The summed E-state index contributed by atoms with van der Waals surface area (Å²) >= 11 is 0. The van der Waals surface area contributed by atoms with E-state index < -0.39 is 0 Å². The second kappa shape index (κ2) is 7.59. The molecule has 0 aliphatic heterocycles. The van der Waals surface area contributed by atoms with Crippen molar-refractivity contribution in [2.24, 2.45) is 0 Å². The van der Waals surface area contributed by atoms with Crippen molar-refractivity contribution in [2.75, 3.05) is 7.11 Å². The van der Waals surface area contributed by atoms with E-state index >= 15 is 0 Å². The predicted molar refractivity (Wildman–Crippen MR) is 82.4 cm³/mol. The molecule has 2 aromatic rings. The van der Waals surface area contributed by atoms with Crippen LogP contribution in [0.3, 0.4) is 0 Å². The number of unbranched alkanes of at least 4 members (excludes halogenated alkanes) is 1. The zero-order valence-electron chi connectivity index (χ0n) is 13.1. The van der Waals surface area contributed by atoms with E-state index in [9.17, 15) is 4.79 Å². The Hall–Kier alpha value is -2.37. The number of hydrogen-bond donors (Lipinski definition) is 1. The molecule has 1 aromatic heterocycles. The molecule has 22 heavy (non-hydrogen) atoms. The number of aromatic nitrogens is 2. The van der Waals surface area contributed by atoms with Gasteiger partial charge < -0.3 is 14.6 Å². The van der Waals surface area contributed by atoms with E-state index in [4.69, 9.17) is 9.26 Å². The Labute approximate surface area is 129 Å². The molecule has 6 heteroatoms. The van der Waals surface area contributed by atoms with Crippen LogP contribution in [-0.2, 0) is 4.79 Å². The minimum absolute atomic E-state index is 0.00134.